The van der Waals surface area contributed by atoms with Crippen molar-refractivity contribution >= 4 is 17.4 Å². The monoisotopic (exact) mass is 268 g/mol. The van der Waals surface area contributed by atoms with Gasteiger partial charge in [0.15, 0.2) is 0 Å². The van der Waals surface area contributed by atoms with Gasteiger partial charge in [-0.3, -0.25) is 0 Å². The molecule has 18 heavy (non-hydrogen) atoms. The molecule has 2 atom stereocenters. The van der Waals surface area contributed by atoms with E-state index < -0.39 is 0 Å². The molecule has 0 bridgehead atoms. The summed E-state index contributed by atoms with van der Waals surface area (Å²) in [6.07, 6.45) is 6.80. The van der Waals surface area contributed by atoms with E-state index in [-0.39, 0.29) is 6.61 Å². The summed E-state index contributed by atoms with van der Waals surface area (Å²) < 4.78 is 0. The molecule has 1 N–H and O–H groups in total. The fourth-order valence-electron chi connectivity index (χ4n) is 2.85. The van der Waals surface area contributed by atoms with Crippen LogP contribution in [0.25, 0.3) is 0 Å². The van der Waals surface area contributed by atoms with E-state index in [2.05, 4.69) is 23.9 Å². The summed E-state index contributed by atoms with van der Waals surface area (Å²) in [4.78, 5) is 6.59. The highest BCUT2D eigenvalue weighted by Gasteiger charge is 2.26. The van der Waals surface area contributed by atoms with Crippen LogP contribution in [0.1, 0.15) is 38.2 Å². The molecule has 3 nitrogen and oxygen atoms in total. The minimum atomic E-state index is -0.0173. The van der Waals surface area contributed by atoms with E-state index in [1.807, 2.05) is 0 Å². The van der Waals surface area contributed by atoms with Crippen molar-refractivity contribution in [1.82, 2.24) is 4.98 Å². The van der Waals surface area contributed by atoms with Gasteiger partial charge in [0.25, 0.3) is 0 Å². The number of hydrogen-bond acceptors (Lipinski definition) is 3. The molecule has 0 radical (unpaired) electrons. The van der Waals surface area contributed by atoms with Gasteiger partial charge in [0.1, 0.15) is 5.82 Å². The largest absolute Gasteiger partial charge is 0.392 e. The predicted octanol–water partition coefficient (Wildman–Crippen LogP) is 3.24. The lowest BCUT2D eigenvalue weighted by atomic mass is 9.85. The molecular formula is C14H21ClN2O. The van der Waals surface area contributed by atoms with Gasteiger partial charge in [-0.05, 0) is 30.4 Å². The number of hydrogen-bond donors (Lipinski definition) is 1. The third-order valence-corrected chi connectivity index (χ3v) is 4.24. The molecule has 2 rings (SSSR count). The van der Waals surface area contributed by atoms with Crippen LogP contribution >= 0.6 is 11.6 Å². The number of nitrogens with zero attached hydrogens (tertiary/aromatic N) is 2. The van der Waals surface area contributed by atoms with E-state index in [0.717, 1.165) is 11.4 Å². The minimum absolute atomic E-state index is 0.0173. The Morgan fingerprint density at radius 1 is 1.44 bits per heavy atom. The van der Waals surface area contributed by atoms with E-state index in [0.29, 0.717) is 17.0 Å². The highest BCUT2D eigenvalue weighted by atomic mass is 35.5. The third kappa shape index (κ3) is 2.78. The molecule has 0 aliphatic heterocycles. The Morgan fingerprint density at radius 3 is 2.78 bits per heavy atom. The maximum absolute atomic E-state index is 9.07. The Hall–Kier alpha value is -0.800. The fourth-order valence-corrected chi connectivity index (χ4v) is 3.17. The molecule has 4 heteroatoms. The first-order chi connectivity index (χ1) is 8.63. The second-order valence-corrected chi connectivity index (χ2v) is 5.65. The van der Waals surface area contributed by atoms with Gasteiger partial charge in [0.2, 0.25) is 0 Å². The van der Waals surface area contributed by atoms with E-state index >= 15 is 0 Å². The second-order valence-electron chi connectivity index (χ2n) is 5.25. The zero-order chi connectivity index (χ0) is 13.1. The summed E-state index contributed by atoms with van der Waals surface area (Å²) in [6.45, 7) is 2.28. The van der Waals surface area contributed by atoms with Crippen molar-refractivity contribution in [2.45, 2.75) is 45.3 Å². The minimum Gasteiger partial charge on any atom is -0.392 e. The predicted molar refractivity (Wildman–Crippen MR) is 75.0 cm³/mol. The molecule has 1 saturated carbocycles. The van der Waals surface area contributed by atoms with E-state index in [4.69, 9.17) is 16.7 Å². The van der Waals surface area contributed by atoms with E-state index in [9.17, 15) is 0 Å². The van der Waals surface area contributed by atoms with Gasteiger partial charge < -0.3 is 10.0 Å². The summed E-state index contributed by atoms with van der Waals surface area (Å²) in [5, 5.41) is 9.70. The van der Waals surface area contributed by atoms with Crippen molar-refractivity contribution < 1.29 is 5.11 Å². The zero-order valence-electron chi connectivity index (χ0n) is 11.1. The first-order valence-electron chi connectivity index (χ1n) is 6.61. The first-order valence-corrected chi connectivity index (χ1v) is 6.99. The fraction of sp³-hybridized carbons (Fsp3) is 0.643. The maximum atomic E-state index is 9.07. The molecule has 100 valence electrons. The Bertz CT molecular complexity index is 411. The quantitative estimate of drug-likeness (QED) is 0.914. The average molecular weight is 269 g/mol. The van der Waals surface area contributed by atoms with Crippen LogP contribution in [0.5, 0.6) is 0 Å². The summed E-state index contributed by atoms with van der Waals surface area (Å²) in [5.41, 5.74) is 0.758. The second kappa shape index (κ2) is 5.89. The topological polar surface area (TPSA) is 36.4 Å². The van der Waals surface area contributed by atoms with Crippen molar-refractivity contribution in [2.24, 2.45) is 5.92 Å². The summed E-state index contributed by atoms with van der Waals surface area (Å²) in [7, 11) is 2.07. The Morgan fingerprint density at radius 2 is 2.17 bits per heavy atom. The Kier molecular flexibility index (Phi) is 4.46. The van der Waals surface area contributed by atoms with Crippen LogP contribution in [-0.4, -0.2) is 23.2 Å². The molecule has 1 aliphatic carbocycles. The smallest absolute Gasteiger partial charge is 0.147 e. The molecule has 0 aromatic carbocycles. The van der Waals surface area contributed by atoms with Crippen molar-refractivity contribution in [2.75, 3.05) is 11.9 Å². The van der Waals surface area contributed by atoms with Crippen LogP contribution in [0.4, 0.5) is 5.82 Å². The third-order valence-electron chi connectivity index (χ3n) is 3.96. The lowest BCUT2D eigenvalue weighted by molar-refractivity contribution is 0.281. The summed E-state index contributed by atoms with van der Waals surface area (Å²) >= 11 is 6.25. The molecule has 2 unspecified atom stereocenters. The molecule has 0 spiro atoms. The van der Waals surface area contributed by atoms with Crippen molar-refractivity contribution in [3.63, 3.8) is 0 Å². The Labute approximate surface area is 114 Å². The summed E-state index contributed by atoms with van der Waals surface area (Å²) in [5.74, 6) is 1.51. The number of anilines is 1. The lowest BCUT2D eigenvalue weighted by Crippen LogP contribution is -2.39. The molecule has 0 saturated heterocycles. The van der Waals surface area contributed by atoms with Gasteiger partial charge in [-0.15, -0.1) is 0 Å². The van der Waals surface area contributed by atoms with E-state index in [1.54, 1.807) is 12.3 Å². The van der Waals surface area contributed by atoms with Crippen LogP contribution in [0.15, 0.2) is 12.3 Å². The van der Waals surface area contributed by atoms with Crippen molar-refractivity contribution in [1.29, 1.82) is 0 Å². The van der Waals surface area contributed by atoms with Crippen LogP contribution in [-0.2, 0) is 6.61 Å². The van der Waals surface area contributed by atoms with E-state index in [1.165, 1.54) is 25.7 Å². The van der Waals surface area contributed by atoms with Gasteiger partial charge >= 0.3 is 0 Å². The lowest BCUT2D eigenvalue weighted by Gasteiger charge is -2.37. The van der Waals surface area contributed by atoms with Crippen LogP contribution in [0.3, 0.4) is 0 Å². The normalized spacial score (nSPS) is 24.0. The number of aliphatic hydroxyl groups excluding tert-OH is 1. The van der Waals surface area contributed by atoms with Crippen LogP contribution < -0.4 is 4.90 Å². The highest BCUT2D eigenvalue weighted by molar-refractivity contribution is 6.33. The van der Waals surface area contributed by atoms with Gasteiger partial charge in [0, 0.05) is 19.3 Å². The average Bonchev–Trinajstić information content (AvgIpc) is 2.38. The first kappa shape index (κ1) is 13.6. The standard InChI is InChI=1S/C14H21ClN2O/c1-10-5-3-4-6-13(10)17(2)14-12(15)7-11(9-18)8-16-14/h7-8,10,13,18H,3-6,9H2,1-2H3. The number of rotatable bonds is 3. The molecule has 1 fully saturated rings. The van der Waals surface area contributed by atoms with Gasteiger partial charge in [-0.2, -0.15) is 0 Å². The van der Waals surface area contributed by atoms with Gasteiger partial charge in [-0.1, -0.05) is 31.4 Å². The number of aliphatic hydroxyl groups is 1. The van der Waals surface area contributed by atoms with Crippen LogP contribution in [0, 0.1) is 5.92 Å². The Balaban J connectivity index is 2.19. The molecular weight excluding hydrogens is 248 g/mol. The molecule has 0 amide bonds. The zero-order valence-corrected chi connectivity index (χ0v) is 11.8. The molecule has 1 heterocycles. The highest BCUT2D eigenvalue weighted by Crippen LogP contribution is 2.32. The van der Waals surface area contributed by atoms with Crippen LogP contribution in [0.2, 0.25) is 5.02 Å². The number of halogens is 1. The van der Waals surface area contributed by atoms with Crippen molar-refractivity contribution in [3.05, 3.63) is 22.8 Å². The summed E-state index contributed by atoms with van der Waals surface area (Å²) in [6, 6.07) is 2.32. The van der Waals surface area contributed by atoms with Gasteiger partial charge in [-0.25, -0.2) is 4.98 Å². The molecule has 1 aromatic rings. The SMILES string of the molecule is CC1CCCCC1N(C)c1ncc(CO)cc1Cl. The number of pyridine rings is 1. The maximum Gasteiger partial charge on any atom is 0.147 e. The number of aromatic nitrogens is 1. The van der Waals surface area contributed by atoms with Gasteiger partial charge in [0.05, 0.1) is 11.6 Å². The van der Waals surface area contributed by atoms with Crippen molar-refractivity contribution in [3.8, 4) is 0 Å². The molecule has 1 aliphatic rings. The molecule has 1 aromatic heterocycles.